The number of hydrogen-bond acceptors (Lipinski definition) is 5. The van der Waals surface area contributed by atoms with E-state index in [2.05, 4.69) is 0 Å². The molecule has 35 heavy (non-hydrogen) atoms. The zero-order valence-electron chi connectivity index (χ0n) is 20.1. The van der Waals surface area contributed by atoms with Crippen molar-refractivity contribution in [3.63, 3.8) is 0 Å². The first kappa shape index (κ1) is 23.8. The minimum atomic E-state index is -0.449. The zero-order chi connectivity index (χ0) is 24.9. The second-order valence-corrected chi connectivity index (χ2v) is 8.25. The van der Waals surface area contributed by atoms with E-state index in [-0.39, 0.29) is 5.78 Å². The first-order chi connectivity index (χ1) is 16.8. The van der Waals surface area contributed by atoms with Crippen molar-refractivity contribution < 1.29 is 23.8 Å². The Balaban J connectivity index is 1.43. The molecule has 0 aliphatic heterocycles. The lowest BCUT2D eigenvalue weighted by Gasteiger charge is -2.13. The highest BCUT2D eigenvalue weighted by molar-refractivity contribution is 5.94. The molecular formula is C30H26O5. The average molecular weight is 467 g/mol. The van der Waals surface area contributed by atoms with Gasteiger partial charge in [-0.2, -0.15) is 0 Å². The number of ether oxygens (including phenoxy) is 3. The number of rotatable bonds is 7. The maximum atomic E-state index is 12.7. The van der Waals surface area contributed by atoms with E-state index in [1.807, 2.05) is 44.2 Å². The fourth-order valence-corrected chi connectivity index (χ4v) is 3.79. The van der Waals surface area contributed by atoms with Crippen LogP contribution in [-0.2, 0) is 0 Å². The van der Waals surface area contributed by atoms with Crippen molar-refractivity contribution in [3.8, 4) is 34.1 Å². The highest BCUT2D eigenvalue weighted by Crippen LogP contribution is 2.31. The summed E-state index contributed by atoms with van der Waals surface area (Å²) >= 11 is 0. The summed E-state index contributed by atoms with van der Waals surface area (Å²) < 4.78 is 16.7. The van der Waals surface area contributed by atoms with Gasteiger partial charge in [0.1, 0.15) is 23.0 Å². The first-order valence-corrected chi connectivity index (χ1v) is 11.2. The van der Waals surface area contributed by atoms with Gasteiger partial charge in [-0.3, -0.25) is 4.79 Å². The van der Waals surface area contributed by atoms with E-state index in [9.17, 15) is 9.59 Å². The Labute approximate surface area is 204 Å². The van der Waals surface area contributed by atoms with Crippen molar-refractivity contribution in [1.82, 2.24) is 0 Å². The Hall–Kier alpha value is -4.38. The van der Waals surface area contributed by atoms with Crippen LogP contribution in [0, 0.1) is 13.8 Å². The number of methoxy groups -OCH3 is 1. The second-order valence-electron chi connectivity index (χ2n) is 8.25. The monoisotopic (exact) mass is 466 g/mol. The summed E-state index contributed by atoms with van der Waals surface area (Å²) in [4.78, 5) is 24.1. The predicted octanol–water partition coefficient (Wildman–Crippen LogP) is 7.19. The van der Waals surface area contributed by atoms with E-state index in [4.69, 9.17) is 14.2 Å². The van der Waals surface area contributed by atoms with Gasteiger partial charge in [0.05, 0.1) is 12.7 Å². The van der Waals surface area contributed by atoms with Crippen LogP contribution in [0.15, 0.2) is 84.9 Å². The van der Waals surface area contributed by atoms with Gasteiger partial charge in [0, 0.05) is 5.56 Å². The quantitative estimate of drug-likeness (QED) is 0.164. The molecule has 0 N–H and O–H groups in total. The maximum Gasteiger partial charge on any atom is 0.343 e. The van der Waals surface area contributed by atoms with Gasteiger partial charge in [-0.25, -0.2) is 4.79 Å². The Morgan fingerprint density at radius 3 is 1.54 bits per heavy atom. The molecule has 0 saturated heterocycles. The summed E-state index contributed by atoms with van der Waals surface area (Å²) in [6.45, 7) is 5.55. The molecule has 0 radical (unpaired) electrons. The van der Waals surface area contributed by atoms with Crippen molar-refractivity contribution in [3.05, 3.63) is 107 Å². The van der Waals surface area contributed by atoms with E-state index < -0.39 is 5.97 Å². The lowest BCUT2D eigenvalue weighted by molar-refractivity contribution is 0.0734. The zero-order valence-corrected chi connectivity index (χ0v) is 20.1. The molecular weight excluding hydrogens is 440 g/mol. The third-order valence-corrected chi connectivity index (χ3v) is 5.72. The molecule has 0 heterocycles. The van der Waals surface area contributed by atoms with Crippen molar-refractivity contribution in [2.24, 2.45) is 0 Å². The van der Waals surface area contributed by atoms with Crippen LogP contribution in [0.4, 0.5) is 0 Å². The molecule has 0 aliphatic carbocycles. The van der Waals surface area contributed by atoms with E-state index in [1.165, 1.54) is 6.92 Å². The average Bonchev–Trinajstić information content (AvgIpc) is 2.85. The molecule has 176 valence electrons. The SMILES string of the molecule is COc1ccc(-c2ccc(OC(=O)c3ccc(Oc4ccc(C(C)=O)cc4)cc3)cc2C)c(C)c1. The summed E-state index contributed by atoms with van der Waals surface area (Å²) in [5, 5.41) is 0. The molecule has 0 amide bonds. The van der Waals surface area contributed by atoms with Crippen LogP contribution in [0.5, 0.6) is 23.0 Å². The van der Waals surface area contributed by atoms with Crippen LogP contribution < -0.4 is 14.2 Å². The lowest BCUT2D eigenvalue weighted by Crippen LogP contribution is -2.08. The van der Waals surface area contributed by atoms with Gasteiger partial charge in [0.25, 0.3) is 0 Å². The summed E-state index contributed by atoms with van der Waals surface area (Å²) in [6.07, 6.45) is 0. The fraction of sp³-hybridized carbons (Fsp3) is 0.133. The van der Waals surface area contributed by atoms with Crippen LogP contribution in [0.3, 0.4) is 0 Å². The highest BCUT2D eigenvalue weighted by Gasteiger charge is 2.12. The minimum Gasteiger partial charge on any atom is -0.497 e. The number of aryl methyl sites for hydroxylation is 2. The number of ketones is 1. The standard InChI is InChI=1S/C30H26O5/c1-19-17-26(33-4)13-15-28(19)29-16-14-27(18-20(29)2)35-30(32)23-7-11-25(12-8-23)34-24-9-5-22(6-10-24)21(3)31/h5-18H,1-4H3. The fourth-order valence-electron chi connectivity index (χ4n) is 3.79. The molecule has 4 aromatic rings. The molecule has 0 fully saturated rings. The Bertz CT molecular complexity index is 1370. The molecule has 5 heteroatoms. The van der Waals surface area contributed by atoms with Gasteiger partial charge >= 0.3 is 5.97 Å². The van der Waals surface area contributed by atoms with Crippen LogP contribution in [0.2, 0.25) is 0 Å². The van der Waals surface area contributed by atoms with E-state index >= 15 is 0 Å². The molecule has 0 saturated carbocycles. The van der Waals surface area contributed by atoms with Crippen molar-refractivity contribution in [1.29, 1.82) is 0 Å². The molecule has 0 aromatic heterocycles. The Morgan fingerprint density at radius 2 is 1.06 bits per heavy atom. The van der Waals surface area contributed by atoms with Gasteiger partial charge < -0.3 is 14.2 Å². The first-order valence-electron chi connectivity index (χ1n) is 11.2. The Morgan fingerprint density at radius 1 is 0.600 bits per heavy atom. The molecule has 0 spiro atoms. The van der Waals surface area contributed by atoms with Crippen LogP contribution >= 0.6 is 0 Å². The summed E-state index contributed by atoms with van der Waals surface area (Å²) in [5.41, 5.74) is 5.32. The van der Waals surface area contributed by atoms with Gasteiger partial charge in [0.2, 0.25) is 0 Å². The largest absolute Gasteiger partial charge is 0.497 e. The minimum absolute atomic E-state index is 0.0000880. The smallest absolute Gasteiger partial charge is 0.343 e. The summed E-state index contributed by atoms with van der Waals surface area (Å²) in [5.74, 6) is 2.03. The number of Topliss-reactive ketones (excluding diaryl/α,β-unsaturated/α-hetero) is 1. The second kappa shape index (κ2) is 10.3. The van der Waals surface area contributed by atoms with Gasteiger partial charge in [-0.15, -0.1) is 0 Å². The van der Waals surface area contributed by atoms with Gasteiger partial charge in [0.15, 0.2) is 5.78 Å². The van der Waals surface area contributed by atoms with Gasteiger partial charge in [-0.1, -0.05) is 12.1 Å². The van der Waals surface area contributed by atoms with Crippen molar-refractivity contribution in [2.45, 2.75) is 20.8 Å². The number of carbonyl (C=O) groups is 2. The lowest BCUT2D eigenvalue weighted by atomic mass is 9.96. The molecule has 5 nitrogen and oxygen atoms in total. The molecule has 0 aliphatic rings. The Kier molecular flexibility index (Phi) is 6.97. The third kappa shape index (κ3) is 5.58. The van der Waals surface area contributed by atoms with Crippen molar-refractivity contribution >= 4 is 11.8 Å². The van der Waals surface area contributed by atoms with E-state index in [1.54, 1.807) is 61.7 Å². The summed E-state index contributed by atoms with van der Waals surface area (Å²) in [6, 6.07) is 25.2. The molecule has 0 unspecified atom stereocenters. The predicted molar refractivity (Wildman–Crippen MR) is 136 cm³/mol. The third-order valence-electron chi connectivity index (χ3n) is 5.72. The van der Waals surface area contributed by atoms with Crippen LogP contribution in [-0.4, -0.2) is 18.9 Å². The molecule has 0 bridgehead atoms. The van der Waals surface area contributed by atoms with E-state index in [0.717, 1.165) is 28.0 Å². The maximum absolute atomic E-state index is 12.7. The number of benzene rings is 4. The molecule has 0 atom stereocenters. The van der Waals surface area contributed by atoms with Crippen molar-refractivity contribution in [2.75, 3.05) is 7.11 Å². The number of carbonyl (C=O) groups excluding carboxylic acids is 2. The van der Waals surface area contributed by atoms with E-state index in [0.29, 0.717) is 28.4 Å². The summed E-state index contributed by atoms with van der Waals surface area (Å²) in [7, 11) is 1.65. The molecule has 4 rings (SSSR count). The topological polar surface area (TPSA) is 61.8 Å². The number of esters is 1. The normalized spacial score (nSPS) is 10.5. The van der Waals surface area contributed by atoms with Crippen LogP contribution in [0.25, 0.3) is 11.1 Å². The molecule has 4 aromatic carbocycles. The highest BCUT2D eigenvalue weighted by atomic mass is 16.5. The number of hydrogen-bond donors (Lipinski definition) is 0. The van der Waals surface area contributed by atoms with Gasteiger partial charge in [-0.05, 0) is 116 Å². The van der Waals surface area contributed by atoms with Crippen LogP contribution in [0.1, 0.15) is 38.8 Å².